The second-order valence-electron chi connectivity index (χ2n) is 16.0. The zero-order valence-corrected chi connectivity index (χ0v) is 47.8. The van der Waals surface area contributed by atoms with Gasteiger partial charge in [0.15, 0.2) is 0 Å². The summed E-state index contributed by atoms with van der Waals surface area (Å²) in [6.45, 7) is 16.4. The molecule has 28 nitrogen and oxygen atoms in total. The van der Waals surface area contributed by atoms with Crippen LogP contribution in [0.3, 0.4) is 0 Å². The summed E-state index contributed by atoms with van der Waals surface area (Å²) in [6, 6.07) is -3.46. The molecule has 4 saturated heterocycles. The van der Waals surface area contributed by atoms with Crippen molar-refractivity contribution in [1.29, 1.82) is 0 Å². The van der Waals surface area contributed by atoms with Crippen molar-refractivity contribution in [2.75, 3.05) is 47.1 Å². The summed E-state index contributed by atoms with van der Waals surface area (Å²) in [6.07, 6.45) is 2.14. The number of rotatable bonds is 18. The third-order valence-electron chi connectivity index (χ3n) is 10.1. The number of nitrogens with one attached hydrogen (secondary N) is 1. The zero-order valence-electron chi connectivity index (χ0n) is 43.6. The largest absolute Gasteiger partial charge is 1.00 e. The minimum Gasteiger partial charge on any atom is -1.00 e. The van der Waals surface area contributed by atoms with E-state index in [1.807, 2.05) is 19.0 Å². The van der Waals surface area contributed by atoms with Crippen molar-refractivity contribution in [3.8, 4) is 0 Å². The molecule has 4 amide bonds. The van der Waals surface area contributed by atoms with Crippen LogP contribution >= 0.6 is 0 Å². The van der Waals surface area contributed by atoms with E-state index in [1.165, 1.54) is 30.1 Å². The van der Waals surface area contributed by atoms with Crippen LogP contribution in [0.1, 0.15) is 86.5 Å². The molecule has 1 unspecified atom stereocenters. The fraction of sp³-hybridized carbons (Fsp3) is 0.690. The first-order chi connectivity index (χ1) is 33.6. The molecule has 6 atom stereocenters. The molecule has 4 aliphatic heterocycles. The topological polar surface area (TPSA) is 409 Å². The average molecular weight is 1200 g/mol. The number of carbonyl (C=O) groups excluding carboxylic acids is 9. The van der Waals surface area contributed by atoms with Gasteiger partial charge in [0, 0.05) is 37.8 Å². The quantitative estimate of drug-likeness (QED) is 0.00979. The van der Waals surface area contributed by atoms with E-state index in [2.05, 4.69) is 16.8 Å². The Labute approximate surface area is 477 Å². The molecule has 0 aliphatic carbocycles. The van der Waals surface area contributed by atoms with E-state index in [0.29, 0.717) is 50.8 Å². The standard InChI is InChI=1S/C11H21BN2O4.C9H14BNO4.C8H14BNO4.C7H11NO3.C5H9NO4.CH2O3.CH4.HI.Na/c1-5-18-11(16)9-6-8(7-13(3)4)10(15)14(9)12(2)17;1-4-15-9(13)7-5-6(2)8(12)11(7)10(3)14;1-3-14-8(12)6-4-5-7(11)10(6)9(2)13;1-2-11-7(10)5-3-4-6(9)8-5;6-3(5(9)10)1-2-4(7)8;2-1-4-3;;;/h8-9,17H,5-7H2,1-4H3;7,14H,2,4-5H2,1,3H3;6,13H,3-5H2,1-2H3;5H,2-4H2,1H3,(H,8,9);3H,1-2,6H2,(H,7,8)(H,9,10);1,3H;1H4;1H;/q;;;;;;;;+1/p-2/t8?,9-;7-;6-;5-;3-;;;;/m11111..../s1. The van der Waals surface area contributed by atoms with Crippen molar-refractivity contribution in [2.45, 2.75) is 137 Å². The third kappa shape index (κ3) is 29.6. The van der Waals surface area contributed by atoms with Gasteiger partial charge in [0.2, 0.25) is 23.6 Å². The summed E-state index contributed by atoms with van der Waals surface area (Å²) in [5, 5.41) is 55.6. The molecular weight excluding hydrogens is 1120 g/mol. The number of carboxylic acids is 2. The monoisotopic (exact) mass is 1200 g/mol. The number of aliphatic carboxylic acids is 2. The molecule has 0 bridgehead atoms. The van der Waals surface area contributed by atoms with Crippen LogP contribution < -0.4 is 69.8 Å². The molecule has 0 aromatic heterocycles. The molecule has 422 valence electrons. The fourth-order valence-corrected chi connectivity index (χ4v) is 7.02. The molecule has 4 rings (SSSR count). The van der Waals surface area contributed by atoms with E-state index in [-0.39, 0.29) is 142 Å². The first-order valence-electron chi connectivity index (χ1n) is 22.8. The fourth-order valence-electron chi connectivity index (χ4n) is 7.02. The van der Waals surface area contributed by atoms with Crippen LogP contribution in [0.4, 0.5) is 0 Å². The molecule has 0 aromatic carbocycles. The third-order valence-corrected chi connectivity index (χ3v) is 10.1. The Morgan fingerprint density at radius 3 is 1.60 bits per heavy atom. The van der Waals surface area contributed by atoms with Gasteiger partial charge >= 0.3 is 86.5 Å². The van der Waals surface area contributed by atoms with E-state index in [4.69, 9.17) is 44.9 Å². The van der Waals surface area contributed by atoms with Gasteiger partial charge in [-0.1, -0.05) is 14.0 Å². The van der Waals surface area contributed by atoms with Gasteiger partial charge in [0.25, 0.3) is 6.47 Å². The van der Waals surface area contributed by atoms with Crippen LogP contribution in [0.5, 0.6) is 0 Å². The number of ether oxygens (including phenoxy) is 4. The van der Waals surface area contributed by atoms with Gasteiger partial charge in [0.05, 0.1) is 32.3 Å². The van der Waals surface area contributed by atoms with Gasteiger partial charge in [0.1, 0.15) is 30.2 Å². The maximum atomic E-state index is 12.1. The van der Waals surface area contributed by atoms with Gasteiger partial charge in [-0.25, -0.2) is 19.2 Å². The number of halogens is 1. The molecule has 0 spiro atoms. The smallest absolute Gasteiger partial charge is 1.00 e. The minimum atomic E-state index is -1.17. The molecule has 0 saturated carbocycles. The Morgan fingerprint density at radius 1 is 0.787 bits per heavy atom. The predicted octanol–water partition coefficient (Wildman–Crippen LogP) is -8.92. The zero-order chi connectivity index (χ0) is 56.0. The van der Waals surface area contributed by atoms with Crippen LogP contribution in [-0.4, -0.2) is 209 Å². The summed E-state index contributed by atoms with van der Waals surface area (Å²) in [5.74, 6) is -4.97. The average Bonchev–Trinajstić information content (AvgIpc) is 4.08. The normalized spacial score (nSPS) is 19.1. The Morgan fingerprint density at radius 2 is 1.23 bits per heavy atom. The summed E-state index contributed by atoms with van der Waals surface area (Å²) in [5.41, 5.74) is 5.33. The summed E-state index contributed by atoms with van der Waals surface area (Å²) in [7, 11) is 0.833. The van der Waals surface area contributed by atoms with Crippen molar-refractivity contribution in [3.05, 3.63) is 12.2 Å². The molecule has 8 N–H and O–H groups in total. The Hall–Kier alpha value is -4.41. The molecule has 0 radical (unpaired) electrons. The van der Waals surface area contributed by atoms with E-state index >= 15 is 0 Å². The summed E-state index contributed by atoms with van der Waals surface area (Å²) >= 11 is 0. The van der Waals surface area contributed by atoms with Crippen molar-refractivity contribution < 1.29 is 161 Å². The number of nitrogens with two attached hydrogens (primary N) is 1. The molecule has 4 heterocycles. The second-order valence-corrected chi connectivity index (χ2v) is 16.0. The maximum Gasteiger partial charge on any atom is 1.00 e. The van der Waals surface area contributed by atoms with Gasteiger partial charge in [-0.2, -0.15) is 0 Å². The number of nitrogens with zero attached hydrogens (tertiary/aromatic N) is 4. The van der Waals surface area contributed by atoms with Crippen molar-refractivity contribution >= 4 is 87.1 Å². The molecule has 4 aliphatic rings. The first-order valence-corrected chi connectivity index (χ1v) is 22.8. The van der Waals surface area contributed by atoms with Gasteiger partial charge in [-0.15, -0.1) is 0 Å². The molecule has 75 heavy (non-hydrogen) atoms. The van der Waals surface area contributed by atoms with Crippen molar-refractivity contribution in [3.63, 3.8) is 0 Å². The molecular formula is C42H74B3IN6NaO22-. The molecule has 33 heteroatoms. The number of hydrogen-bond donors (Lipinski definition) is 7. The maximum absolute atomic E-state index is 12.1. The SMILES string of the molecule is C.C=C1C[C@H](C(=O)OCC)N(B(C)O)C1=O.CCOC(=O)[C@H]1CC(CN(C)C)C(=O)N1B(C)O.CCOC(=O)[C@H]1CCC(=O)N1.CCOC(=O)[C@H]1CCC(=O)N1B(C)O.N[C@H](CCC(=O)O)C(=O)O.O=CO[O-].[I-].[Na+]. The van der Waals surface area contributed by atoms with Gasteiger partial charge in [-0.3, -0.25) is 33.6 Å². The summed E-state index contributed by atoms with van der Waals surface area (Å²) < 4.78 is 19.3. The van der Waals surface area contributed by atoms with Crippen molar-refractivity contribution in [2.24, 2.45) is 11.7 Å². The Balaban J connectivity index is -0.000000268. The van der Waals surface area contributed by atoms with Gasteiger partial charge < -0.3 is 109 Å². The Kier molecular flexibility index (Phi) is 45.2. The van der Waals surface area contributed by atoms with E-state index < -0.39 is 81.2 Å². The van der Waals surface area contributed by atoms with Crippen LogP contribution in [-0.2, 0) is 76.6 Å². The van der Waals surface area contributed by atoms with Crippen LogP contribution in [0.15, 0.2) is 12.2 Å². The second kappa shape index (κ2) is 42.7. The van der Waals surface area contributed by atoms with Crippen LogP contribution in [0, 0.1) is 5.92 Å². The number of hydrogen-bond acceptors (Lipinski definition) is 22. The Bertz CT molecular complexity index is 1840. The van der Waals surface area contributed by atoms with E-state index in [1.54, 1.807) is 27.7 Å². The minimum absolute atomic E-state index is 0. The molecule has 4 fully saturated rings. The number of esters is 4. The van der Waals surface area contributed by atoms with Crippen molar-refractivity contribution in [1.82, 2.24) is 24.6 Å². The van der Waals surface area contributed by atoms with E-state index in [9.17, 15) is 63.0 Å². The number of carboxylic acid groups (broad SMARTS) is 2. The van der Waals surface area contributed by atoms with Crippen LogP contribution in [0.25, 0.3) is 0 Å². The van der Waals surface area contributed by atoms with E-state index in [0.717, 1.165) is 4.81 Å². The predicted molar refractivity (Wildman–Crippen MR) is 257 cm³/mol. The number of amides is 4. The van der Waals surface area contributed by atoms with Crippen LogP contribution in [0.2, 0.25) is 20.5 Å². The number of carbonyl (C=O) groups is 11. The molecule has 0 aromatic rings. The van der Waals surface area contributed by atoms with Gasteiger partial charge in [-0.05, 0) is 87.9 Å². The summed E-state index contributed by atoms with van der Waals surface area (Å²) in [4.78, 5) is 128. The first kappa shape index (κ1) is 79.5.